The number of hydrogen-bond acceptors (Lipinski definition) is 4. The molecule has 1 fully saturated rings. The molecule has 3 rings (SSSR count). The van der Waals surface area contributed by atoms with Gasteiger partial charge >= 0.3 is 0 Å². The summed E-state index contributed by atoms with van der Waals surface area (Å²) in [6, 6.07) is 13.6. The van der Waals surface area contributed by atoms with Gasteiger partial charge in [0.05, 0.1) is 11.9 Å². The normalized spacial score (nSPS) is 15.3. The molecule has 0 spiro atoms. The standard InChI is InChI=1S/C25H31Br2N3O4S/c1-18(25(32)28-22-9-4-3-5-10-22)29(16-19-7-6-8-21(27)15-19)24(31)17-30(35(2,33)34)23-13-11-20(26)12-14-23/h6-8,11-15,18,22H,3-5,9-10,16-17H2,1-2H3,(H,28,32)/t18-/m0/s1. The van der Waals surface area contributed by atoms with E-state index < -0.39 is 28.5 Å². The number of benzene rings is 2. The molecule has 0 radical (unpaired) electrons. The second-order valence-electron chi connectivity index (χ2n) is 8.92. The van der Waals surface area contributed by atoms with E-state index >= 15 is 0 Å². The zero-order valence-electron chi connectivity index (χ0n) is 19.9. The number of anilines is 1. The van der Waals surface area contributed by atoms with Crippen molar-refractivity contribution in [2.45, 2.75) is 57.7 Å². The van der Waals surface area contributed by atoms with E-state index in [1.54, 1.807) is 31.2 Å². The summed E-state index contributed by atoms with van der Waals surface area (Å²) in [5, 5.41) is 3.09. The predicted molar refractivity (Wildman–Crippen MR) is 146 cm³/mol. The van der Waals surface area contributed by atoms with Gasteiger partial charge in [0, 0.05) is 21.5 Å². The molecule has 10 heteroatoms. The molecule has 190 valence electrons. The summed E-state index contributed by atoms with van der Waals surface area (Å²) in [7, 11) is -3.75. The highest BCUT2D eigenvalue weighted by Gasteiger charge is 2.31. The third-order valence-corrected chi connectivity index (χ3v) is 8.32. The van der Waals surface area contributed by atoms with Crippen LogP contribution < -0.4 is 9.62 Å². The van der Waals surface area contributed by atoms with Crippen molar-refractivity contribution in [3.63, 3.8) is 0 Å². The van der Waals surface area contributed by atoms with Gasteiger partial charge in [-0.2, -0.15) is 0 Å². The Balaban J connectivity index is 1.86. The largest absolute Gasteiger partial charge is 0.352 e. The Hall–Kier alpha value is -1.91. The fourth-order valence-electron chi connectivity index (χ4n) is 4.20. The van der Waals surface area contributed by atoms with Crippen LogP contribution in [0.4, 0.5) is 5.69 Å². The Morgan fingerprint density at radius 3 is 2.29 bits per heavy atom. The molecule has 0 aromatic heterocycles. The fraction of sp³-hybridized carbons (Fsp3) is 0.440. The van der Waals surface area contributed by atoms with Crippen LogP contribution in [0.15, 0.2) is 57.5 Å². The molecule has 7 nitrogen and oxygen atoms in total. The Kier molecular flexibility index (Phi) is 9.77. The quantitative estimate of drug-likeness (QED) is 0.430. The maximum Gasteiger partial charge on any atom is 0.244 e. The summed E-state index contributed by atoms with van der Waals surface area (Å²) < 4.78 is 27.9. The van der Waals surface area contributed by atoms with Crippen molar-refractivity contribution in [2.24, 2.45) is 0 Å². The molecule has 2 aromatic rings. The molecule has 0 saturated heterocycles. The van der Waals surface area contributed by atoms with E-state index in [2.05, 4.69) is 37.2 Å². The van der Waals surface area contributed by atoms with Gasteiger partial charge in [0.15, 0.2) is 0 Å². The first-order valence-corrected chi connectivity index (χ1v) is 15.1. The monoisotopic (exact) mass is 627 g/mol. The molecule has 1 atom stereocenters. The van der Waals surface area contributed by atoms with Gasteiger partial charge in [-0.15, -0.1) is 0 Å². The summed E-state index contributed by atoms with van der Waals surface area (Å²) in [5.74, 6) is -0.681. The summed E-state index contributed by atoms with van der Waals surface area (Å²) in [5.41, 5.74) is 1.21. The average molecular weight is 629 g/mol. The van der Waals surface area contributed by atoms with Gasteiger partial charge in [0.2, 0.25) is 21.8 Å². The number of nitrogens with one attached hydrogen (secondary N) is 1. The molecular formula is C25H31Br2N3O4S. The summed E-state index contributed by atoms with van der Waals surface area (Å²) in [6.45, 7) is 1.46. The van der Waals surface area contributed by atoms with Crippen molar-refractivity contribution in [1.82, 2.24) is 10.2 Å². The number of sulfonamides is 1. The second kappa shape index (κ2) is 12.4. The van der Waals surface area contributed by atoms with Crippen LogP contribution in [0.2, 0.25) is 0 Å². The van der Waals surface area contributed by atoms with Gasteiger partial charge in [-0.1, -0.05) is 63.3 Å². The lowest BCUT2D eigenvalue weighted by molar-refractivity contribution is -0.139. The predicted octanol–water partition coefficient (Wildman–Crippen LogP) is 4.84. The second-order valence-corrected chi connectivity index (χ2v) is 12.7. The van der Waals surface area contributed by atoms with Crippen LogP contribution in [0.5, 0.6) is 0 Å². The van der Waals surface area contributed by atoms with E-state index in [0.717, 1.165) is 50.8 Å². The van der Waals surface area contributed by atoms with Gasteiger partial charge in [-0.25, -0.2) is 8.42 Å². The lowest BCUT2D eigenvalue weighted by Gasteiger charge is -2.33. The lowest BCUT2D eigenvalue weighted by Crippen LogP contribution is -2.52. The van der Waals surface area contributed by atoms with Gasteiger partial charge in [-0.3, -0.25) is 13.9 Å². The molecule has 0 bridgehead atoms. The summed E-state index contributed by atoms with van der Waals surface area (Å²) in [6.07, 6.45) is 6.27. The molecule has 1 N–H and O–H groups in total. The number of carbonyl (C=O) groups excluding carboxylic acids is 2. The van der Waals surface area contributed by atoms with Crippen LogP contribution in [-0.4, -0.2) is 50.0 Å². The van der Waals surface area contributed by atoms with Gasteiger partial charge < -0.3 is 10.2 Å². The van der Waals surface area contributed by atoms with E-state index in [1.807, 2.05) is 24.3 Å². The number of rotatable bonds is 9. The smallest absolute Gasteiger partial charge is 0.244 e. The van der Waals surface area contributed by atoms with E-state index in [-0.39, 0.29) is 18.5 Å². The minimum absolute atomic E-state index is 0.108. The number of carbonyl (C=O) groups is 2. The van der Waals surface area contributed by atoms with Crippen LogP contribution in [-0.2, 0) is 26.2 Å². The van der Waals surface area contributed by atoms with Crippen LogP contribution in [0.25, 0.3) is 0 Å². The summed E-state index contributed by atoms with van der Waals surface area (Å²) in [4.78, 5) is 28.2. The third-order valence-electron chi connectivity index (χ3n) is 6.15. The van der Waals surface area contributed by atoms with Crippen LogP contribution in [0.1, 0.15) is 44.6 Å². The zero-order valence-corrected chi connectivity index (χ0v) is 23.9. The summed E-state index contributed by atoms with van der Waals surface area (Å²) >= 11 is 6.80. The van der Waals surface area contributed by atoms with Crippen molar-refractivity contribution in [3.05, 3.63) is 63.0 Å². The molecule has 0 heterocycles. The van der Waals surface area contributed by atoms with Crippen LogP contribution in [0, 0.1) is 0 Å². The van der Waals surface area contributed by atoms with Crippen LogP contribution >= 0.6 is 31.9 Å². The molecule has 0 aliphatic heterocycles. The first-order valence-electron chi connectivity index (χ1n) is 11.6. The van der Waals surface area contributed by atoms with Crippen molar-refractivity contribution in [1.29, 1.82) is 0 Å². The minimum atomic E-state index is -3.75. The highest BCUT2D eigenvalue weighted by Crippen LogP contribution is 2.23. The van der Waals surface area contributed by atoms with Crippen molar-refractivity contribution < 1.29 is 18.0 Å². The van der Waals surface area contributed by atoms with E-state index in [0.29, 0.717) is 5.69 Å². The zero-order chi connectivity index (χ0) is 25.6. The number of hydrogen-bond donors (Lipinski definition) is 1. The average Bonchev–Trinajstić information content (AvgIpc) is 2.81. The molecule has 35 heavy (non-hydrogen) atoms. The molecule has 1 aliphatic rings. The minimum Gasteiger partial charge on any atom is -0.352 e. The van der Waals surface area contributed by atoms with E-state index in [4.69, 9.17) is 0 Å². The van der Waals surface area contributed by atoms with Crippen molar-refractivity contribution in [2.75, 3.05) is 17.1 Å². The van der Waals surface area contributed by atoms with Gasteiger partial charge in [-0.05, 0) is 61.7 Å². The number of nitrogens with zero attached hydrogens (tertiary/aromatic N) is 2. The fourth-order valence-corrected chi connectivity index (χ4v) is 5.77. The Morgan fingerprint density at radius 1 is 1.03 bits per heavy atom. The molecule has 1 aliphatic carbocycles. The van der Waals surface area contributed by atoms with E-state index in [9.17, 15) is 18.0 Å². The lowest BCUT2D eigenvalue weighted by atomic mass is 9.95. The van der Waals surface area contributed by atoms with Gasteiger partial charge in [0.1, 0.15) is 12.6 Å². The van der Waals surface area contributed by atoms with Gasteiger partial charge in [0.25, 0.3) is 0 Å². The molecule has 0 unspecified atom stereocenters. The maximum absolute atomic E-state index is 13.6. The highest BCUT2D eigenvalue weighted by molar-refractivity contribution is 9.10. The van der Waals surface area contributed by atoms with E-state index in [1.165, 1.54) is 11.3 Å². The topological polar surface area (TPSA) is 86.8 Å². The Bertz CT molecular complexity index is 1140. The van der Waals surface area contributed by atoms with Crippen molar-refractivity contribution in [3.8, 4) is 0 Å². The molecule has 2 aromatic carbocycles. The third kappa shape index (κ3) is 8.05. The SMILES string of the molecule is C[C@@H](C(=O)NC1CCCCC1)N(Cc1cccc(Br)c1)C(=O)CN(c1ccc(Br)cc1)S(C)(=O)=O. The maximum atomic E-state index is 13.6. The first-order chi connectivity index (χ1) is 16.5. The first kappa shape index (κ1) is 27.7. The molecule has 2 amide bonds. The number of halogens is 2. The van der Waals surface area contributed by atoms with Crippen molar-refractivity contribution >= 4 is 59.4 Å². The Labute approximate surface area is 224 Å². The highest BCUT2D eigenvalue weighted by atomic mass is 79.9. The van der Waals surface area contributed by atoms with Crippen LogP contribution in [0.3, 0.4) is 0 Å². The number of amides is 2. The molecular weight excluding hydrogens is 598 g/mol. The molecule has 1 saturated carbocycles. The Morgan fingerprint density at radius 2 is 1.69 bits per heavy atom.